The van der Waals surface area contributed by atoms with Gasteiger partial charge >= 0.3 is 0 Å². The highest BCUT2D eigenvalue weighted by molar-refractivity contribution is 5.86. The summed E-state index contributed by atoms with van der Waals surface area (Å²) in [5.41, 5.74) is 4.61. The van der Waals surface area contributed by atoms with Gasteiger partial charge in [-0.15, -0.1) is 0 Å². The number of rotatable bonds is 0. The van der Waals surface area contributed by atoms with Gasteiger partial charge in [0.15, 0.2) is 0 Å². The minimum absolute atomic E-state index is 0.227. The van der Waals surface area contributed by atoms with Crippen LogP contribution in [0.1, 0.15) is 38.4 Å². The third-order valence-electron chi connectivity index (χ3n) is 3.52. The van der Waals surface area contributed by atoms with E-state index in [2.05, 4.69) is 36.4 Å². The highest BCUT2D eigenvalue weighted by Gasteiger charge is 2.28. The van der Waals surface area contributed by atoms with Crippen LogP contribution in [0.2, 0.25) is 0 Å². The largest absolute Gasteiger partial charge is 0.343 e. The van der Waals surface area contributed by atoms with Gasteiger partial charge in [0, 0.05) is 23.8 Å². The zero-order valence-corrected chi connectivity index (χ0v) is 10.2. The Labute approximate surface area is 96.3 Å². The van der Waals surface area contributed by atoms with E-state index in [0.717, 1.165) is 6.54 Å². The van der Waals surface area contributed by atoms with E-state index in [4.69, 9.17) is 0 Å². The molecule has 2 heteroatoms. The molecule has 3 rings (SSSR count). The van der Waals surface area contributed by atoms with Crippen molar-refractivity contribution < 1.29 is 0 Å². The van der Waals surface area contributed by atoms with E-state index in [9.17, 15) is 0 Å². The second-order valence-electron chi connectivity index (χ2n) is 5.72. The summed E-state index contributed by atoms with van der Waals surface area (Å²) in [6.07, 6.45) is 6.43. The second kappa shape index (κ2) is 3.09. The number of hydrogen-bond acceptors (Lipinski definition) is 1. The lowest BCUT2D eigenvalue weighted by atomic mass is 9.84. The topological polar surface area (TPSA) is 17.8 Å². The molecule has 0 radical (unpaired) electrons. The quantitative estimate of drug-likeness (QED) is 0.658. The number of nitrogens with zero attached hydrogens (tertiary/aromatic N) is 2. The summed E-state index contributed by atoms with van der Waals surface area (Å²) in [7, 11) is 0. The van der Waals surface area contributed by atoms with Crippen LogP contribution in [0, 0.1) is 0 Å². The highest BCUT2D eigenvalue weighted by Crippen LogP contribution is 2.38. The van der Waals surface area contributed by atoms with Crippen LogP contribution < -0.4 is 0 Å². The lowest BCUT2D eigenvalue weighted by Gasteiger charge is -2.20. The molecule has 0 bridgehead atoms. The molecule has 0 saturated heterocycles. The van der Waals surface area contributed by atoms with Crippen molar-refractivity contribution in [1.29, 1.82) is 0 Å². The van der Waals surface area contributed by atoms with Crippen LogP contribution in [0.4, 0.5) is 0 Å². The van der Waals surface area contributed by atoms with E-state index >= 15 is 0 Å². The van der Waals surface area contributed by atoms with Gasteiger partial charge in [-0.05, 0) is 29.9 Å². The number of pyridine rings is 1. The Balaban J connectivity index is 2.42. The Morgan fingerprint density at radius 1 is 1.31 bits per heavy atom. The number of aromatic nitrogens is 2. The second-order valence-corrected chi connectivity index (χ2v) is 5.72. The number of aryl methyl sites for hydroxylation is 1. The molecule has 0 atom stereocenters. The van der Waals surface area contributed by atoms with Crippen molar-refractivity contribution in [3.8, 4) is 0 Å². The summed E-state index contributed by atoms with van der Waals surface area (Å²) in [6.45, 7) is 8.08. The van der Waals surface area contributed by atoms with Gasteiger partial charge in [0.2, 0.25) is 0 Å². The van der Waals surface area contributed by atoms with Crippen molar-refractivity contribution in [3.63, 3.8) is 0 Å². The van der Waals surface area contributed by atoms with Crippen LogP contribution in [0.3, 0.4) is 0 Å². The van der Waals surface area contributed by atoms with Gasteiger partial charge in [0.1, 0.15) is 0 Å². The minimum atomic E-state index is 0.227. The van der Waals surface area contributed by atoms with E-state index in [1.165, 1.54) is 35.0 Å². The minimum Gasteiger partial charge on any atom is -0.343 e. The summed E-state index contributed by atoms with van der Waals surface area (Å²) >= 11 is 0. The van der Waals surface area contributed by atoms with Gasteiger partial charge in [-0.3, -0.25) is 4.98 Å². The Kier molecular flexibility index (Phi) is 1.91. The molecule has 0 unspecified atom stereocenters. The molecule has 0 N–H and O–H groups in total. The molecule has 2 aromatic heterocycles. The average molecular weight is 214 g/mol. The molecule has 1 aliphatic rings. The Morgan fingerprint density at radius 2 is 2.12 bits per heavy atom. The van der Waals surface area contributed by atoms with Crippen molar-refractivity contribution in [2.45, 2.75) is 45.6 Å². The fourth-order valence-electron chi connectivity index (χ4n) is 3.01. The average Bonchev–Trinajstić information content (AvgIpc) is 2.73. The molecule has 0 spiro atoms. The van der Waals surface area contributed by atoms with Crippen molar-refractivity contribution in [1.82, 2.24) is 9.55 Å². The zero-order valence-electron chi connectivity index (χ0n) is 10.2. The van der Waals surface area contributed by atoms with Crippen molar-refractivity contribution >= 4 is 10.9 Å². The van der Waals surface area contributed by atoms with Crippen LogP contribution in [0.5, 0.6) is 0 Å². The fraction of sp³-hybridized carbons (Fsp3) is 0.500. The SMILES string of the molecule is CC(C)(C)c1c2n(c3cnccc13)CCC2. The van der Waals surface area contributed by atoms with Gasteiger partial charge in [0.25, 0.3) is 0 Å². The fourth-order valence-corrected chi connectivity index (χ4v) is 3.01. The molecule has 0 aromatic carbocycles. The molecule has 0 fully saturated rings. The standard InChI is InChI=1S/C14H18N2/c1-14(2,3)13-10-6-7-15-9-12(10)16-8-4-5-11(13)16/h6-7,9H,4-5,8H2,1-3H3. The first-order valence-electron chi connectivity index (χ1n) is 6.04. The van der Waals surface area contributed by atoms with Crippen LogP contribution in [-0.4, -0.2) is 9.55 Å². The molecular formula is C14H18N2. The van der Waals surface area contributed by atoms with Crippen LogP contribution >= 0.6 is 0 Å². The van der Waals surface area contributed by atoms with Crippen LogP contribution in [0.15, 0.2) is 18.5 Å². The maximum absolute atomic E-state index is 4.26. The Bertz CT molecular complexity index is 544. The van der Waals surface area contributed by atoms with Crippen molar-refractivity contribution in [3.05, 3.63) is 29.7 Å². The van der Waals surface area contributed by atoms with Gasteiger partial charge in [-0.1, -0.05) is 20.8 Å². The van der Waals surface area contributed by atoms with Crippen molar-refractivity contribution in [2.75, 3.05) is 0 Å². The van der Waals surface area contributed by atoms with Crippen LogP contribution in [-0.2, 0) is 18.4 Å². The molecule has 0 saturated carbocycles. The van der Waals surface area contributed by atoms with E-state index in [1.807, 2.05) is 12.4 Å². The normalized spacial score (nSPS) is 15.7. The smallest absolute Gasteiger partial charge is 0.0672 e. The predicted molar refractivity (Wildman–Crippen MR) is 66.8 cm³/mol. The number of fused-ring (bicyclic) bond motifs is 3. The van der Waals surface area contributed by atoms with E-state index in [0.29, 0.717) is 0 Å². The highest BCUT2D eigenvalue weighted by atomic mass is 15.0. The summed E-state index contributed by atoms with van der Waals surface area (Å²) in [6, 6.07) is 2.17. The summed E-state index contributed by atoms with van der Waals surface area (Å²) in [5.74, 6) is 0. The van der Waals surface area contributed by atoms with E-state index < -0.39 is 0 Å². The summed E-state index contributed by atoms with van der Waals surface area (Å²) < 4.78 is 2.46. The molecule has 2 nitrogen and oxygen atoms in total. The van der Waals surface area contributed by atoms with E-state index in [1.54, 1.807) is 0 Å². The Morgan fingerprint density at radius 3 is 2.88 bits per heavy atom. The number of hydrogen-bond donors (Lipinski definition) is 0. The lowest BCUT2D eigenvalue weighted by Crippen LogP contribution is -2.13. The third kappa shape index (κ3) is 1.22. The molecule has 0 amide bonds. The summed E-state index contributed by atoms with van der Waals surface area (Å²) in [5, 5.41) is 1.40. The van der Waals surface area contributed by atoms with Gasteiger partial charge in [-0.25, -0.2) is 0 Å². The molecule has 1 aliphatic heterocycles. The monoisotopic (exact) mass is 214 g/mol. The molecular weight excluding hydrogens is 196 g/mol. The Hall–Kier alpha value is -1.31. The molecule has 84 valence electrons. The molecule has 2 aromatic rings. The maximum atomic E-state index is 4.26. The van der Waals surface area contributed by atoms with Crippen LogP contribution in [0.25, 0.3) is 10.9 Å². The predicted octanol–water partition coefficient (Wildman–Crippen LogP) is 3.28. The lowest BCUT2D eigenvalue weighted by molar-refractivity contribution is 0.587. The molecule has 16 heavy (non-hydrogen) atoms. The van der Waals surface area contributed by atoms with Gasteiger partial charge < -0.3 is 4.57 Å². The molecule has 0 aliphatic carbocycles. The van der Waals surface area contributed by atoms with Gasteiger partial charge in [-0.2, -0.15) is 0 Å². The summed E-state index contributed by atoms with van der Waals surface area (Å²) in [4.78, 5) is 4.26. The first-order valence-corrected chi connectivity index (χ1v) is 6.04. The van der Waals surface area contributed by atoms with Gasteiger partial charge in [0.05, 0.1) is 11.7 Å². The molecule has 3 heterocycles. The third-order valence-corrected chi connectivity index (χ3v) is 3.52. The maximum Gasteiger partial charge on any atom is 0.0672 e. The zero-order chi connectivity index (χ0) is 11.3. The first-order chi connectivity index (χ1) is 7.59. The van der Waals surface area contributed by atoms with E-state index in [-0.39, 0.29) is 5.41 Å². The first kappa shape index (κ1) is 9.88. The van der Waals surface area contributed by atoms with Crippen molar-refractivity contribution in [2.24, 2.45) is 0 Å².